The van der Waals surface area contributed by atoms with E-state index in [1.54, 1.807) is 0 Å². The van der Waals surface area contributed by atoms with Gasteiger partial charge < -0.3 is 10.1 Å². The highest BCUT2D eigenvalue weighted by atomic mass is 35.5. The van der Waals surface area contributed by atoms with Crippen LogP contribution in [-0.2, 0) is 14.3 Å². The molecule has 0 saturated heterocycles. The molecule has 0 aliphatic carbocycles. The number of allylic oxidation sites excluding steroid dienone is 2. The lowest BCUT2D eigenvalue weighted by molar-refractivity contribution is -0.136. The quantitative estimate of drug-likeness (QED) is 0.218. The molecule has 0 amide bonds. The van der Waals surface area contributed by atoms with Gasteiger partial charge in [0.25, 0.3) is 0 Å². The van der Waals surface area contributed by atoms with E-state index in [-0.39, 0.29) is 12.0 Å². The minimum Gasteiger partial charge on any atom is -0.466 e. The maximum atomic E-state index is 14.2. The van der Waals surface area contributed by atoms with Crippen LogP contribution in [-0.4, -0.2) is 19.4 Å². The van der Waals surface area contributed by atoms with E-state index in [0.717, 1.165) is 7.11 Å². The average Bonchev–Trinajstić information content (AvgIpc) is 2.58. The summed E-state index contributed by atoms with van der Waals surface area (Å²) in [6.07, 6.45) is 0.0490. The van der Waals surface area contributed by atoms with Crippen molar-refractivity contribution < 1.29 is 36.3 Å². The third-order valence-corrected chi connectivity index (χ3v) is 3.93. The molecule has 1 unspecified atom stereocenters. The summed E-state index contributed by atoms with van der Waals surface area (Å²) in [5.41, 5.74) is -2.55. The van der Waals surface area contributed by atoms with Gasteiger partial charge in [0, 0.05) is 16.8 Å². The molecule has 1 heterocycles. The van der Waals surface area contributed by atoms with Gasteiger partial charge in [-0.05, 0) is 6.92 Å². The second kappa shape index (κ2) is 6.83. The number of aldehydes is 1. The van der Waals surface area contributed by atoms with E-state index in [1.165, 1.54) is 6.92 Å². The van der Waals surface area contributed by atoms with Crippen LogP contribution in [0.2, 0.25) is 0 Å². The first-order chi connectivity index (χ1) is 11.7. The van der Waals surface area contributed by atoms with Gasteiger partial charge in [-0.1, -0.05) is 11.6 Å². The predicted molar refractivity (Wildman–Crippen MR) is 75.8 cm³/mol. The van der Waals surface area contributed by atoms with Crippen LogP contribution >= 0.6 is 11.6 Å². The van der Waals surface area contributed by atoms with Crippen LogP contribution in [0.25, 0.3) is 0 Å². The predicted octanol–water partition coefficient (Wildman–Crippen LogP) is 3.17. The molecule has 4 nitrogen and oxygen atoms in total. The van der Waals surface area contributed by atoms with Crippen LogP contribution in [0.3, 0.4) is 0 Å². The Morgan fingerprint density at radius 3 is 2.00 bits per heavy atom. The third kappa shape index (κ3) is 2.88. The molecular weight excluding hydrogens is 373 g/mol. The Labute approximate surface area is 142 Å². The number of benzene rings is 1. The van der Waals surface area contributed by atoms with E-state index >= 15 is 0 Å². The summed E-state index contributed by atoms with van der Waals surface area (Å²) < 4.78 is 73.2. The van der Waals surface area contributed by atoms with E-state index in [0.29, 0.717) is 0 Å². The fraction of sp³-hybridized carbons (Fsp3) is 0.200. The van der Waals surface area contributed by atoms with E-state index in [9.17, 15) is 31.5 Å². The topological polar surface area (TPSA) is 55.4 Å². The van der Waals surface area contributed by atoms with Crippen molar-refractivity contribution in [1.82, 2.24) is 5.32 Å². The summed E-state index contributed by atoms with van der Waals surface area (Å²) in [5.74, 6) is -14.2. The molecule has 0 saturated carbocycles. The first-order valence-electron chi connectivity index (χ1n) is 6.59. The highest BCUT2D eigenvalue weighted by Gasteiger charge is 2.40. The lowest BCUT2D eigenvalue weighted by Crippen LogP contribution is -2.30. The first-order valence-corrected chi connectivity index (χ1v) is 6.97. The maximum absolute atomic E-state index is 14.2. The summed E-state index contributed by atoms with van der Waals surface area (Å²) >= 11 is 5.80. The van der Waals surface area contributed by atoms with Crippen LogP contribution in [0.15, 0.2) is 22.0 Å². The minimum absolute atomic E-state index is 0.0490. The molecular formula is C15H9ClF5NO3. The first kappa shape index (κ1) is 18.9. The number of carbonyl (C=O) groups excluding carboxylic acids is 2. The van der Waals surface area contributed by atoms with E-state index in [4.69, 9.17) is 11.6 Å². The highest BCUT2D eigenvalue weighted by Crippen LogP contribution is 2.42. The Morgan fingerprint density at radius 2 is 1.56 bits per heavy atom. The molecule has 10 heteroatoms. The summed E-state index contributed by atoms with van der Waals surface area (Å²) in [5, 5.41) is 1.99. The number of methoxy groups -OCH3 is 1. The molecule has 1 aromatic rings. The minimum atomic E-state index is -2.37. The average molecular weight is 382 g/mol. The van der Waals surface area contributed by atoms with Gasteiger partial charge in [0.15, 0.2) is 23.3 Å². The Kier molecular flexibility index (Phi) is 5.17. The molecule has 134 valence electrons. The van der Waals surface area contributed by atoms with Gasteiger partial charge in [0.05, 0.1) is 18.6 Å². The number of rotatable bonds is 3. The number of esters is 1. The molecule has 0 aromatic heterocycles. The van der Waals surface area contributed by atoms with Gasteiger partial charge >= 0.3 is 5.97 Å². The van der Waals surface area contributed by atoms with Crippen molar-refractivity contribution in [2.24, 2.45) is 0 Å². The van der Waals surface area contributed by atoms with Gasteiger partial charge in [-0.15, -0.1) is 0 Å². The van der Waals surface area contributed by atoms with Gasteiger partial charge in [-0.3, -0.25) is 4.79 Å². The Morgan fingerprint density at radius 1 is 1.08 bits per heavy atom. The van der Waals surface area contributed by atoms with E-state index in [1.807, 2.05) is 0 Å². The van der Waals surface area contributed by atoms with Crippen molar-refractivity contribution in [3.8, 4) is 0 Å². The van der Waals surface area contributed by atoms with Crippen molar-refractivity contribution in [2.75, 3.05) is 7.11 Å². The van der Waals surface area contributed by atoms with E-state index in [2.05, 4.69) is 10.1 Å². The number of ether oxygens (including phenoxy) is 1. The molecule has 0 radical (unpaired) electrons. The molecule has 0 bridgehead atoms. The summed E-state index contributed by atoms with van der Waals surface area (Å²) in [6, 6.07) is 0. The van der Waals surface area contributed by atoms with Gasteiger partial charge in [0.2, 0.25) is 5.82 Å². The third-order valence-electron chi connectivity index (χ3n) is 3.62. The number of dihydropyridines is 1. The van der Waals surface area contributed by atoms with Crippen molar-refractivity contribution in [3.63, 3.8) is 0 Å². The molecule has 25 heavy (non-hydrogen) atoms. The van der Waals surface area contributed by atoms with Crippen LogP contribution in [0.5, 0.6) is 0 Å². The standard InChI is InChI=1S/C15H9ClF5NO3/c1-4-6(15(24)25-2)7(5(3-23)14(16)22-4)8-9(17)11(19)13(21)12(20)10(8)18/h3,7,22H,1-2H3. The largest absolute Gasteiger partial charge is 0.466 e. The Balaban J connectivity index is 2.91. The van der Waals surface area contributed by atoms with Crippen LogP contribution < -0.4 is 5.32 Å². The zero-order valence-corrected chi connectivity index (χ0v) is 13.4. The summed E-state index contributed by atoms with van der Waals surface area (Å²) in [4.78, 5) is 23.3. The molecule has 0 fully saturated rings. The normalized spacial score (nSPS) is 17.5. The van der Waals surface area contributed by atoms with Gasteiger partial charge in [-0.25, -0.2) is 26.7 Å². The molecule has 1 aliphatic heterocycles. The molecule has 0 spiro atoms. The molecule has 1 atom stereocenters. The smallest absolute Gasteiger partial charge is 0.336 e. The van der Waals surface area contributed by atoms with Crippen molar-refractivity contribution >= 4 is 23.9 Å². The Hall–Kier alpha value is -2.42. The fourth-order valence-electron chi connectivity index (χ4n) is 2.48. The maximum Gasteiger partial charge on any atom is 0.336 e. The molecule has 1 aliphatic rings. The lowest BCUT2D eigenvalue weighted by atomic mass is 9.81. The van der Waals surface area contributed by atoms with Crippen molar-refractivity contribution in [1.29, 1.82) is 0 Å². The molecule has 2 rings (SSSR count). The summed E-state index contributed by atoms with van der Waals surface area (Å²) in [6.45, 7) is 1.26. The number of halogens is 6. The number of carbonyl (C=O) groups is 2. The number of hydrogen-bond acceptors (Lipinski definition) is 4. The second-order valence-corrected chi connectivity index (χ2v) is 5.34. The number of hydrogen-bond donors (Lipinski definition) is 1. The zero-order valence-electron chi connectivity index (χ0n) is 12.6. The van der Waals surface area contributed by atoms with Crippen molar-refractivity contribution in [2.45, 2.75) is 12.8 Å². The summed E-state index contributed by atoms with van der Waals surface area (Å²) in [7, 11) is 0.943. The van der Waals surface area contributed by atoms with Gasteiger partial charge in [0.1, 0.15) is 11.4 Å². The highest BCUT2D eigenvalue weighted by molar-refractivity contribution is 6.31. The number of nitrogens with one attached hydrogen (secondary N) is 1. The van der Waals surface area contributed by atoms with Crippen molar-refractivity contribution in [3.05, 3.63) is 56.6 Å². The second-order valence-electron chi connectivity index (χ2n) is 4.96. The molecule has 1 N–H and O–H groups in total. The lowest BCUT2D eigenvalue weighted by Gasteiger charge is -2.28. The molecule has 1 aromatic carbocycles. The fourth-order valence-corrected chi connectivity index (χ4v) is 2.77. The van der Waals surface area contributed by atoms with Crippen LogP contribution in [0.1, 0.15) is 18.4 Å². The van der Waals surface area contributed by atoms with Crippen LogP contribution in [0.4, 0.5) is 22.0 Å². The monoisotopic (exact) mass is 381 g/mol. The SMILES string of the molecule is COC(=O)C1=C(C)NC(Cl)=C(C=O)C1c1c(F)c(F)c(F)c(F)c1F. The van der Waals surface area contributed by atoms with E-state index < -0.39 is 62.8 Å². The van der Waals surface area contributed by atoms with Crippen LogP contribution in [0, 0.1) is 29.1 Å². The Bertz CT molecular complexity index is 821. The van der Waals surface area contributed by atoms with Gasteiger partial charge in [-0.2, -0.15) is 0 Å². The zero-order chi connectivity index (χ0) is 19.0.